The van der Waals surface area contributed by atoms with Crippen LogP contribution >= 0.6 is 0 Å². The van der Waals surface area contributed by atoms with E-state index in [2.05, 4.69) is 16.2 Å². The number of furan rings is 1. The molecule has 0 aliphatic rings. The standard InChI is InChI=1S/C8H5N2O/c1-2-8(11-5-1)7-6-9-3-4-10-7/h1-4,6H. The van der Waals surface area contributed by atoms with Crippen molar-refractivity contribution in [2.75, 3.05) is 0 Å². The third kappa shape index (κ3) is 1.12. The van der Waals surface area contributed by atoms with Gasteiger partial charge in [0.25, 0.3) is 0 Å². The fraction of sp³-hybridized carbons (Fsp3) is 0. The third-order valence-electron chi connectivity index (χ3n) is 1.29. The van der Waals surface area contributed by atoms with Crippen LogP contribution in [0, 0.1) is 6.26 Å². The molecule has 53 valence electrons. The zero-order valence-electron chi connectivity index (χ0n) is 5.69. The number of nitrogens with zero attached hydrogens (tertiary/aromatic N) is 2. The van der Waals surface area contributed by atoms with Crippen LogP contribution in [0.3, 0.4) is 0 Å². The first-order chi connectivity index (χ1) is 5.47. The minimum absolute atomic E-state index is 0.693. The summed E-state index contributed by atoms with van der Waals surface area (Å²) in [6.07, 6.45) is 7.48. The molecule has 0 N–H and O–H groups in total. The molecule has 0 spiro atoms. The largest absolute Gasteiger partial charge is 0.451 e. The van der Waals surface area contributed by atoms with Crippen molar-refractivity contribution in [3.8, 4) is 11.5 Å². The Labute approximate surface area is 63.7 Å². The van der Waals surface area contributed by atoms with Crippen molar-refractivity contribution in [1.82, 2.24) is 9.97 Å². The summed E-state index contributed by atoms with van der Waals surface area (Å²) < 4.78 is 4.99. The van der Waals surface area contributed by atoms with Crippen molar-refractivity contribution in [3.05, 3.63) is 37.0 Å². The van der Waals surface area contributed by atoms with Gasteiger partial charge in [-0.3, -0.25) is 4.98 Å². The van der Waals surface area contributed by atoms with Crippen molar-refractivity contribution >= 4 is 0 Å². The smallest absolute Gasteiger partial charge is 0.170 e. The number of hydrogen-bond acceptors (Lipinski definition) is 3. The molecule has 0 aliphatic carbocycles. The van der Waals surface area contributed by atoms with Gasteiger partial charge in [0.15, 0.2) is 12.0 Å². The molecule has 0 atom stereocenters. The summed E-state index contributed by atoms with van der Waals surface area (Å²) in [6.45, 7) is 0. The summed E-state index contributed by atoms with van der Waals surface area (Å²) in [6, 6.07) is 3.49. The molecule has 3 nitrogen and oxygen atoms in total. The molecule has 2 aromatic rings. The van der Waals surface area contributed by atoms with E-state index in [-0.39, 0.29) is 0 Å². The predicted molar refractivity (Wildman–Crippen MR) is 38.6 cm³/mol. The van der Waals surface area contributed by atoms with Crippen molar-refractivity contribution in [1.29, 1.82) is 0 Å². The van der Waals surface area contributed by atoms with Gasteiger partial charge in [-0.15, -0.1) is 0 Å². The van der Waals surface area contributed by atoms with Crippen molar-refractivity contribution in [2.45, 2.75) is 0 Å². The Morgan fingerprint density at radius 2 is 2.36 bits per heavy atom. The van der Waals surface area contributed by atoms with Gasteiger partial charge in [0.1, 0.15) is 5.69 Å². The quantitative estimate of drug-likeness (QED) is 0.610. The maximum absolute atomic E-state index is 4.99. The lowest BCUT2D eigenvalue weighted by Gasteiger charge is -1.90. The lowest BCUT2D eigenvalue weighted by atomic mass is 10.3. The molecular weight excluding hydrogens is 140 g/mol. The van der Waals surface area contributed by atoms with E-state index in [1.807, 2.05) is 0 Å². The van der Waals surface area contributed by atoms with Crippen molar-refractivity contribution in [3.63, 3.8) is 0 Å². The van der Waals surface area contributed by atoms with Crippen LogP contribution in [0.15, 0.2) is 35.1 Å². The highest BCUT2D eigenvalue weighted by molar-refractivity contribution is 5.49. The molecule has 0 amide bonds. The highest BCUT2D eigenvalue weighted by atomic mass is 16.3. The molecule has 0 bridgehead atoms. The Balaban J connectivity index is 2.46. The highest BCUT2D eigenvalue weighted by Gasteiger charge is 1.99. The molecule has 3 heteroatoms. The van der Waals surface area contributed by atoms with E-state index >= 15 is 0 Å². The molecule has 0 unspecified atom stereocenters. The monoisotopic (exact) mass is 145 g/mol. The second-order valence-corrected chi connectivity index (χ2v) is 2.01. The zero-order chi connectivity index (χ0) is 7.52. The van der Waals surface area contributed by atoms with Gasteiger partial charge in [0.05, 0.1) is 6.20 Å². The average Bonchev–Trinajstić information content (AvgIpc) is 2.58. The maximum atomic E-state index is 4.99. The van der Waals surface area contributed by atoms with Crippen LogP contribution in [-0.2, 0) is 0 Å². The van der Waals surface area contributed by atoms with Gasteiger partial charge in [-0.25, -0.2) is 4.98 Å². The molecule has 0 aliphatic heterocycles. The van der Waals surface area contributed by atoms with Gasteiger partial charge in [-0.05, 0) is 12.1 Å². The van der Waals surface area contributed by atoms with Gasteiger partial charge < -0.3 is 4.42 Å². The van der Waals surface area contributed by atoms with Crippen molar-refractivity contribution < 1.29 is 4.42 Å². The fourth-order valence-electron chi connectivity index (χ4n) is 0.805. The van der Waals surface area contributed by atoms with E-state index in [1.165, 1.54) is 0 Å². The van der Waals surface area contributed by atoms with Gasteiger partial charge in [-0.2, -0.15) is 0 Å². The van der Waals surface area contributed by atoms with Crippen molar-refractivity contribution in [2.24, 2.45) is 0 Å². The van der Waals surface area contributed by atoms with Crippen LogP contribution in [0.2, 0.25) is 0 Å². The Bertz CT molecular complexity index is 315. The molecule has 0 aromatic carbocycles. The molecule has 0 fully saturated rings. The normalized spacial score (nSPS) is 9.82. The Kier molecular flexibility index (Phi) is 1.41. The topological polar surface area (TPSA) is 38.9 Å². The lowest BCUT2D eigenvalue weighted by molar-refractivity contribution is 0.570. The van der Waals surface area contributed by atoms with E-state index in [0.29, 0.717) is 5.76 Å². The molecule has 2 aromatic heterocycles. The molecular formula is C8H5N2O. The first-order valence-corrected chi connectivity index (χ1v) is 3.19. The Hall–Kier alpha value is -1.64. The average molecular weight is 145 g/mol. The lowest BCUT2D eigenvalue weighted by Crippen LogP contribution is -1.80. The summed E-state index contributed by atoms with van der Waals surface area (Å²) in [5.74, 6) is 0.693. The summed E-state index contributed by atoms with van der Waals surface area (Å²) >= 11 is 0. The predicted octanol–water partition coefficient (Wildman–Crippen LogP) is 1.54. The summed E-state index contributed by atoms with van der Waals surface area (Å²) in [7, 11) is 0. The first-order valence-electron chi connectivity index (χ1n) is 3.19. The maximum Gasteiger partial charge on any atom is 0.170 e. The summed E-state index contributed by atoms with van der Waals surface area (Å²) in [5, 5.41) is 0. The minimum atomic E-state index is 0.693. The van der Waals surface area contributed by atoms with Gasteiger partial charge in [0.2, 0.25) is 0 Å². The summed E-state index contributed by atoms with van der Waals surface area (Å²) in [4.78, 5) is 7.95. The number of hydrogen-bond donors (Lipinski definition) is 0. The van der Waals surface area contributed by atoms with E-state index in [9.17, 15) is 0 Å². The first kappa shape index (κ1) is 6.09. The van der Waals surface area contributed by atoms with Crippen LogP contribution in [0.4, 0.5) is 0 Å². The molecule has 2 rings (SSSR count). The molecule has 0 saturated carbocycles. The van der Waals surface area contributed by atoms with Crippen LogP contribution in [0.25, 0.3) is 11.5 Å². The SMILES string of the molecule is [c]1ccc(-c2cnccn2)o1. The number of aromatic nitrogens is 2. The van der Waals surface area contributed by atoms with E-state index in [4.69, 9.17) is 4.42 Å². The molecule has 0 saturated heterocycles. The molecule has 2 heterocycles. The summed E-state index contributed by atoms with van der Waals surface area (Å²) in [5.41, 5.74) is 0.730. The second-order valence-electron chi connectivity index (χ2n) is 2.01. The fourth-order valence-corrected chi connectivity index (χ4v) is 0.805. The Morgan fingerprint density at radius 1 is 1.36 bits per heavy atom. The molecule has 1 radical (unpaired) electrons. The molecule has 11 heavy (non-hydrogen) atoms. The zero-order valence-corrected chi connectivity index (χ0v) is 5.69. The van der Waals surface area contributed by atoms with Gasteiger partial charge in [-0.1, -0.05) is 0 Å². The number of rotatable bonds is 1. The third-order valence-corrected chi connectivity index (χ3v) is 1.29. The van der Waals surface area contributed by atoms with Crippen LogP contribution in [0.1, 0.15) is 0 Å². The second kappa shape index (κ2) is 2.54. The minimum Gasteiger partial charge on any atom is -0.451 e. The highest BCUT2D eigenvalue weighted by Crippen LogP contribution is 2.13. The van der Waals surface area contributed by atoms with Crippen LogP contribution < -0.4 is 0 Å². The van der Waals surface area contributed by atoms with Gasteiger partial charge >= 0.3 is 0 Å². The Morgan fingerprint density at radius 3 is 3.00 bits per heavy atom. The van der Waals surface area contributed by atoms with Crippen LogP contribution in [0.5, 0.6) is 0 Å². The van der Waals surface area contributed by atoms with Crippen LogP contribution in [-0.4, -0.2) is 9.97 Å². The van der Waals surface area contributed by atoms with E-state index in [0.717, 1.165) is 5.69 Å². The van der Waals surface area contributed by atoms with Gasteiger partial charge in [0, 0.05) is 12.4 Å². The van der Waals surface area contributed by atoms with E-state index in [1.54, 1.807) is 30.7 Å². The van der Waals surface area contributed by atoms with E-state index < -0.39 is 0 Å².